The summed E-state index contributed by atoms with van der Waals surface area (Å²) < 4.78 is 0. The first-order chi connectivity index (χ1) is 8.75. The van der Waals surface area contributed by atoms with Gasteiger partial charge in [0.1, 0.15) is 5.78 Å². The molecule has 2 nitrogen and oxygen atoms in total. The second-order valence-electron chi connectivity index (χ2n) is 5.41. The zero-order valence-corrected chi connectivity index (χ0v) is 11.3. The number of hydrogen-bond donors (Lipinski definition) is 0. The molecule has 1 aliphatic carbocycles. The number of carbonyl (C=O) groups excluding carboxylic acids is 1. The van der Waals surface area contributed by atoms with Gasteiger partial charge in [-0.3, -0.25) is 4.79 Å². The summed E-state index contributed by atoms with van der Waals surface area (Å²) in [5.74, 6) is 0.771. The van der Waals surface area contributed by atoms with E-state index in [0.717, 1.165) is 38.8 Å². The normalized spacial score (nSPS) is 20.3. The zero-order chi connectivity index (χ0) is 12.8. The van der Waals surface area contributed by atoms with Gasteiger partial charge >= 0.3 is 0 Å². The molecular weight excluding hydrogens is 222 g/mol. The largest absolute Gasteiger partial charge is 0.305 e. The van der Waals surface area contributed by atoms with Gasteiger partial charge in [-0.25, -0.2) is 0 Å². The maximum Gasteiger partial charge on any atom is 0.137 e. The fraction of sp³-hybridized carbons (Fsp3) is 0.562. The van der Waals surface area contributed by atoms with Crippen molar-refractivity contribution in [2.24, 2.45) is 5.92 Å². The highest BCUT2D eigenvalue weighted by atomic mass is 16.1. The van der Waals surface area contributed by atoms with Crippen LogP contribution in [-0.2, 0) is 11.2 Å². The third-order valence-electron chi connectivity index (χ3n) is 3.84. The van der Waals surface area contributed by atoms with Gasteiger partial charge in [-0.2, -0.15) is 0 Å². The van der Waals surface area contributed by atoms with Gasteiger partial charge in [0, 0.05) is 25.4 Å². The van der Waals surface area contributed by atoms with Crippen molar-refractivity contribution in [1.82, 2.24) is 4.90 Å². The van der Waals surface area contributed by atoms with Crippen LogP contribution in [0.2, 0.25) is 0 Å². The summed E-state index contributed by atoms with van der Waals surface area (Å²) in [6, 6.07) is 10.5. The number of ketones is 1. The molecule has 1 aromatic carbocycles. The predicted molar refractivity (Wildman–Crippen MR) is 74.6 cm³/mol. The fourth-order valence-electron chi connectivity index (χ4n) is 2.68. The van der Waals surface area contributed by atoms with Crippen LogP contribution >= 0.6 is 0 Å². The zero-order valence-electron chi connectivity index (χ0n) is 11.3. The van der Waals surface area contributed by atoms with Crippen molar-refractivity contribution in [2.75, 3.05) is 20.1 Å². The molecule has 2 heteroatoms. The van der Waals surface area contributed by atoms with E-state index in [0.29, 0.717) is 11.7 Å². The van der Waals surface area contributed by atoms with Crippen LogP contribution in [0.25, 0.3) is 0 Å². The van der Waals surface area contributed by atoms with E-state index < -0.39 is 0 Å². The van der Waals surface area contributed by atoms with Crippen molar-refractivity contribution in [3.8, 4) is 0 Å². The number of nitrogens with zero attached hydrogens (tertiary/aromatic N) is 1. The summed E-state index contributed by atoms with van der Waals surface area (Å²) in [5, 5.41) is 0. The Morgan fingerprint density at radius 1 is 1.22 bits per heavy atom. The van der Waals surface area contributed by atoms with E-state index >= 15 is 0 Å². The summed E-state index contributed by atoms with van der Waals surface area (Å²) in [7, 11) is 2.13. The first kappa shape index (κ1) is 13.3. The molecule has 98 valence electrons. The van der Waals surface area contributed by atoms with Crippen LogP contribution in [-0.4, -0.2) is 30.8 Å². The molecule has 1 atom stereocenters. The van der Waals surface area contributed by atoms with Gasteiger partial charge in [-0.05, 0) is 31.9 Å². The van der Waals surface area contributed by atoms with Gasteiger partial charge in [0.15, 0.2) is 0 Å². The standard InChI is InChI=1S/C16H23NO/c1-17(12-11-14-7-3-2-4-8-14)13-15-9-5-6-10-16(15)18/h2-4,7-8,15H,5-6,9-13H2,1H3. The Balaban J connectivity index is 1.74. The molecule has 1 aliphatic rings. The average Bonchev–Trinajstić information content (AvgIpc) is 2.40. The minimum absolute atomic E-state index is 0.291. The van der Waals surface area contributed by atoms with E-state index in [4.69, 9.17) is 0 Å². The summed E-state index contributed by atoms with van der Waals surface area (Å²) in [6.45, 7) is 1.97. The highest BCUT2D eigenvalue weighted by molar-refractivity contribution is 5.81. The molecule has 1 saturated carbocycles. The van der Waals surface area contributed by atoms with Gasteiger partial charge in [0.25, 0.3) is 0 Å². The maximum atomic E-state index is 11.8. The highest BCUT2D eigenvalue weighted by Crippen LogP contribution is 2.21. The van der Waals surface area contributed by atoms with Crippen LogP contribution in [0, 0.1) is 5.92 Å². The van der Waals surface area contributed by atoms with Crippen molar-refractivity contribution in [3.63, 3.8) is 0 Å². The molecule has 0 bridgehead atoms. The summed E-state index contributed by atoms with van der Waals surface area (Å²) in [4.78, 5) is 14.1. The molecule has 2 rings (SSSR count). The molecule has 1 fully saturated rings. The van der Waals surface area contributed by atoms with Gasteiger partial charge in [-0.15, -0.1) is 0 Å². The molecular formula is C16H23NO. The average molecular weight is 245 g/mol. The Hall–Kier alpha value is -1.15. The summed E-state index contributed by atoms with van der Waals surface area (Å²) >= 11 is 0. The maximum absolute atomic E-state index is 11.8. The molecule has 0 spiro atoms. The minimum Gasteiger partial charge on any atom is -0.305 e. The van der Waals surface area contributed by atoms with Crippen molar-refractivity contribution in [2.45, 2.75) is 32.1 Å². The smallest absolute Gasteiger partial charge is 0.137 e. The van der Waals surface area contributed by atoms with Crippen molar-refractivity contribution < 1.29 is 4.79 Å². The van der Waals surface area contributed by atoms with Gasteiger partial charge < -0.3 is 4.90 Å². The van der Waals surface area contributed by atoms with Crippen LogP contribution in [0.4, 0.5) is 0 Å². The Morgan fingerprint density at radius 2 is 2.00 bits per heavy atom. The first-order valence-corrected chi connectivity index (χ1v) is 7.01. The molecule has 0 heterocycles. The Morgan fingerprint density at radius 3 is 2.72 bits per heavy atom. The molecule has 0 aliphatic heterocycles. The van der Waals surface area contributed by atoms with Crippen molar-refractivity contribution >= 4 is 5.78 Å². The van der Waals surface area contributed by atoms with E-state index in [2.05, 4.69) is 36.2 Å². The van der Waals surface area contributed by atoms with E-state index in [1.807, 2.05) is 6.07 Å². The molecule has 1 unspecified atom stereocenters. The van der Waals surface area contributed by atoms with Gasteiger partial charge in [0.05, 0.1) is 0 Å². The lowest BCUT2D eigenvalue weighted by Crippen LogP contribution is -2.33. The topological polar surface area (TPSA) is 20.3 Å². The predicted octanol–water partition coefficient (Wildman–Crippen LogP) is 2.92. The van der Waals surface area contributed by atoms with Crippen LogP contribution in [0.1, 0.15) is 31.2 Å². The van der Waals surface area contributed by atoms with Crippen molar-refractivity contribution in [1.29, 1.82) is 0 Å². The molecule has 0 radical (unpaired) electrons. The van der Waals surface area contributed by atoms with Crippen molar-refractivity contribution in [3.05, 3.63) is 35.9 Å². The molecule has 18 heavy (non-hydrogen) atoms. The lowest BCUT2D eigenvalue weighted by Gasteiger charge is -2.26. The fourth-order valence-corrected chi connectivity index (χ4v) is 2.68. The lowest BCUT2D eigenvalue weighted by molar-refractivity contribution is -0.125. The second-order valence-corrected chi connectivity index (χ2v) is 5.41. The van der Waals surface area contributed by atoms with E-state index in [9.17, 15) is 4.79 Å². The summed E-state index contributed by atoms with van der Waals surface area (Å²) in [5.41, 5.74) is 1.37. The molecule has 0 aromatic heterocycles. The third-order valence-corrected chi connectivity index (χ3v) is 3.84. The first-order valence-electron chi connectivity index (χ1n) is 7.01. The summed E-state index contributed by atoms with van der Waals surface area (Å²) in [6.07, 6.45) is 5.29. The van der Waals surface area contributed by atoms with Crippen LogP contribution in [0.5, 0.6) is 0 Å². The number of benzene rings is 1. The third kappa shape index (κ3) is 3.95. The minimum atomic E-state index is 0.291. The number of likely N-dealkylation sites (N-methyl/N-ethyl adjacent to an activating group) is 1. The number of rotatable bonds is 5. The highest BCUT2D eigenvalue weighted by Gasteiger charge is 2.22. The van der Waals surface area contributed by atoms with Gasteiger partial charge in [-0.1, -0.05) is 36.8 Å². The number of hydrogen-bond acceptors (Lipinski definition) is 2. The number of Topliss-reactive ketones (excluding diaryl/α,β-unsaturated/α-hetero) is 1. The Kier molecular flexibility index (Phi) is 4.94. The lowest BCUT2D eigenvalue weighted by atomic mass is 9.87. The quantitative estimate of drug-likeness (QED) is 0.795. The molecule has 0 N–H and O–H groups in total. The van der Waals surface area contributed by atoms with E-state index in [1.165, 1.54) is 12.0 Å². The molecule has 0 saturated heterocycles. The Labute approximate surface area is 110 Å². The SMILES string of the molecule is CN(CCc1ccccc1)CC1CCCCC1=O. The second kappa shape index (κ2) is 6.69. The van der Waals surface area contributed by atoms with E-state index in [-0.39, 0.29) is 0 Å². The molecule has 0 amide bonds. The van der Waals surface area contributed by atoms with E-state index in [1.54, 1.807) is 0 Å². The van der Waals surface area contributed by atoms with Crippen LogP contribution in [0.15, 0.2) is 30.3 Å². The Bertz CT molecular complexity index is 374. The van der Waals surface area contributed by atoms with Crippen LogP contribution < -0.4 is 0 Å². The molecule has 1 aromatic rings. The van der Waals surface area contributed by atoms with Crippen LogP contribution in [0.3, 0.4) is 0 Å². The van der Waals surface area contributed by atoms with Gasteiger partial charge in [0.2, 0.25) is 0 Å². The monoisotopic (exact) mass is 245 g/mol. The number of carbonyl (C=O) groups is 1.